The smallest absolute Gasteiger partial charge is 0.106 e. The van der Waals surface area contributed by atoms with Crippen LogP contribution in [-0.4, -0.2) is 29.8 Å². The van der Waals surface area contributed by atoms with Crippen molar-refractivity contribution in [2.75, 3.05) is 13.6 Å². The number of aliphatic hydroxyl groups is 1. The monoisotopic (exact) mass is 145 g/mol. The van der Waals surface area contributed by atoms with E-state index in [1.807, 2.05) is 18.9 Å². The molecular formula is C8H19NO. The minimum atomic E-state index is -0.244. The summed E-state index contributed by atoms with van der Waals surface area (Å²) in [7, 11) is 1.96. The molecule has 10 heavy (non-hydrogen) atoms. The Morgan fingerprint density at radius 3 is 2.40 bits per heavy atom. The third-order valence-electron chi connectivity index (χ3n) is 1.74. The molecule has 0 rings (SSSR count). The van der Waals surface area contributed by atoms with Crippen LogP contribution in [-0.2, 0) is 0 Å². The summed E-state index contributed by atoms with van der Waals surface area (Å²) in [6.07, 6.45) is 2.95. The Hall–Kier alpha value is -0.0800. The van der Waals surface area contributed by atoms with Crippen LogP contribution in [0.2, 0.25) is 0 Å². The molecule has 0 aromatic carbocycles. The molecule has 0 aromatic rings. The fraction of sp³-hybridized carbons (Fsp3) is 1.00. The molecule has 0 spiro atoms. The molecule has 1 unspecified atom stereocenters. The van der Waals surface area contributed by atoms with Crippen molar-refractivity contribution in [3.63, 3.8) is 0 Å². The van der Waals surface area contributed by atoms with Crippen LogP contribution in [0.3, 0.4) is 0 Å². The predicted molar refractivity (Wildman–Crippen MR) is 43.8 cm³/mol. The molecule has 0 amide bonds. The minimum absolute atomic E-state index is 0.244. The van der Waals surface area contributed by atoms with Crippen LogP contribution in [0.4, 0.5) is 0 Å². The summed E-state index contributed by atoms with van der Waals surface area (Å²) in [5.41, 5.74) is 0. The Kier molecular flexibility index (Phi) is 5.64. The predicted octanol–water partition coefficient (Wildman–Crippen LogP) is 1.45. The van der Waals surface area contributed by atoms with Gasteiger partial charge in [-0.25, -0.2) is 0 Å². The molecule has 0 saturated carbocycles. The van der Waals surface area contributed by atoms with E-state index in [0.29, 0.717) is 0 Å². The van der Waals surface area contributed by atoms with Gasteiger partial charge in [-0.1, -0.05) is 20.3 Å². The van der Waals surface area contributed by atoms with Crippen molar-refractivity contribution in [3.8, 4) is 0 Å². The summed E-state index contributed by atoms with van der Waals surface area (Å²) < 4.78 is 0. The molecule has 0 radical (unpaired) electrons. The topological polar surface area (TPSA) is 23.5 Å². The van der Waals surface area contributed by atoms with Gasteiger partial charge in [-0.2, -0.15) is 0 Å². The zero-order valence-electron chi connectivity index (χ0n) is 7.30. The fourth-order valence-electron chi connectivity index (χ4n) is 0.868. The highest BCUT2D eigenvalue weighted by Crippen LogP contribution is 1.98. The lowest BCUT2D eigenvalue weighted by Crippen LogP contribution is -2.31. The summed E-state index contributed by atoms with van der Waals surface area (Å²) in [5.74, 6) is 0. The molecule has 0 bridgehead atoms. The quantitative estimate of drug-likeness (QED) is 0.592. The largest absolute Gasteiger partial charge is 0.378 e. The maximum absolute atomic E-state index is 9.28. The Morgan fingerprint density at radius 2 is 2.00 bits per heavy atom. The summed E-state index contributed by atoms with van der Waals surface area (Å²) in [5, 5.41) is 9.28. The maximum atomic E-state index is 9.28. The first-order valence-corrected chi connectivity index (χ1v) is 4.10. The zero-order valence-corrected chi connectivity index (χ0v) is 7.30. The lowest BCUT2D eigenvalue weighted by atomic mass is 10.3. The third kappa shape index (κ3) is 3.85. The van der Waals surface area contributed by atoms with Crippen molar-refractivity contribution >= 4 is 0 Å². The van der Waals surface area contributed by atoms with E-state index in [2.05, 4.69) is 6.92 Å². The van der Waals surface area contributed by atoms with E-state index in [1.165, 1.54) is 12.8 Å². The summed E-state index contributed by atoms with van der Waals surface area (Å²) >= 11 is 0. The maximum Gasteiger partial charge on any atom is 0.106 e. The van der Waals surface area contributed by atoms with Crippen LogP contribution >= 0.6 is 0 Å². The van der Waals surface area contributed by atoms with E-state index in [9.17, 15) is 5.11 Å². The number of hydrogen-bond acceptors (Lipinski definition) is 2. The second-order valence-electron chi connectivity index (χ2n) is 2.72. The van der Waals surface area contributed by atoms with Crippen LogP contribution < -0.4 is 0 Å². The Morgan fingerprint density at radius 1 is 1.40 bits per heavy atom. The molecule has 2 heteroatoms. The minimum Gasteiger partial charge on any atom is -0.378 e. The molecule has 2 nitrogen and oxygen atoms in total. The van der Waals surface area contributed by atoms with Crippen LogP contribution in [0.25, 0.3) is 0 Å². The summed E-state index contributed by atoms with van der Waals surface area (Å²) in [4.78, 5) is 1.99. The van der Waals surface area contributed by atoms with Gasteiger partial charge in [0.2, 0.25) is 0 Å². The van der Waals surface area contributed by atoms with Crippen molar-refractivity contribution in [3.05, 3.63) is 0 Å². The van der Waals surface area contributed by atoms with Gasteiger partial charge < -0.3 is 5.11 Å². The van der Waals surface area contributed by atoms with Gasteiger partial charge in [0.15, 0.2) is 0 Å². The second kappa shape index (κ2) is 5.69. The lowest BCUT2D eigenvalue weighted by molar-refractivity contribution is 0.0190. The van der Waals surface area contributed by atoms with Gasteiger partial charge in [0.05, 0.1) is 0 Å². The van der Waals surface area contributed by atoms with E-state index in [0.717, 1.165) is 13.0 Å². The van der Waals surface area contributed by atoms with Gasteiger partial charge >= 0.3 is 0 Å². The highest BCUT2D eigenvalue weighted by molar-refractivity contribution is 4.53. The molecule has 0 aliphatic rings. The average molecular weight is 145 g/mol. The van der Waals surface area contributed by atoms with Crippen LogP contribution in [0, 0.1) is 0 Å². The number of hydrogen-bond donors (Lipinski definition) is 1. The van der Waals surface area contributed by atoms with Crippen molar-refractivity contribution in [1.29, 1.82) is 0 Å². The van der Waals surface area contributed by atoms with Crippen molar-refractivity contribution in [2.24, 2.45) is 0 Å². The van der Waals surface area contributed by atoms with Gasteiger partial charge in [0.25, 0.3) is 0 Å². The highest BCUT2D eigenvalue weighted by atomic mass is 16.3. The van der Waals surface area contributed by atoms with E-state index < -0.39 is 0 Å². The molecular weight excluding hydrogens is 126 g/mol. The van der Waals surface area contributed by atoms with Crippen molar-refractivity contribution < 1.29 is 5.11 Å². The molecule has 0 aromatic heterocycles. The standard InChI is InChI=1S/C8H19NO/c1-4-6-7-9(3)8(10)5-2/h8,10H,4-7H2,1-3H3. The average Bonchev–Trinajstić information content (AvgIpc) is 1.98. The van der Waals surface area contributed by atoms with E-state index in [4.69, 9.17) is 0 Å². The molecule has 1 N–H and O–H groups in total. The SMILES string of the molecule is CCCCN(C)C(O)CC. The van der Waals surface area contributed by atoms with Crippen molar-refractivity contribution in [1.82, 2.24) is 4.90 Å². The third-order valence-corrected chi connectivity index (χ3v) is 1.74. The van der Waals surface area contributed by atoms with Gasteiger partial charge in [-0.05, 0) is 19.9 Å². The molecule has 0 aliphatic heterocycles. The van der Waals surface area contributed by atoms with Crippen LogP contribution in [0.15, 0.2) is 0 Å². The highest BCUT2D eigenvalue weighted by Gasteiger charge is 2.05. The van der Waals surface area contributed by atoms with Gasteiger partial charge in [-0.3, -0.25) is 4.90 Å². The summed E-state index contributed by atoms with van der Waals surface area (Å²) in [6, 6.07) is 0. The second-order valence-corrected chi connectivity index (χ2v) is 2.72. The Bertz CT molecular complexity index is 75.7. The number of nitrogens with zero attached hydrogens (tertiary/aromatic N) is 1. The summed E-state index contributed by atoms with van der Waals surface area (Å²) in [6.45, 7) is 5.16. The van der Waals surface area contributed by atoms with Crippen molar-refractivity contribution in [2.45, 2.75) is 39.3 Å². The molecule has 62 valence electrons. The lowest BCUT2D eigenvalue weighted by Gasteiger charge is -2.21. The van der Waals surface area contributed by atoms with E-state index in [1.54, 1.807) is 0 Å². The van der Waals surface area contributed by atoms with Crippen LogP contribution in [0.1, 0.15) is 33.1 Å². The first kappa shape index (κ1) is 9.92. The number of aliphatic hydroxyl groups excluding tert-OH is 1. The first-order chi connectivity index (χ1) is 4.72. The normalized spacial score (nSPS) is 14.1. The van der Waals surface area contributed by atoms with Gasteiger partial charge in [0, 0.05) is 6.54 Å². The molecule has 0 aliphatic carbocycles. The van der Waals surface area contributed by atoms with Gasteiger partial charge in [0.1, 0.15) is 6.23 Å². The first-order valence-electron chi connectivity index (χ1n) is 4.10. The number of rotatable bonds is 5. The molecule has 1 atom stereocenters. The molecule has 0 saturated heterocycles. The molecule has 0 heterocycles. The van der Waals surface area contributed by atoms with E-state index >= 15 is 0 Å². The van der Waals surface area contributed by atoms with E-state index in [-0.39, 0.29) is 6.23 Å². The molecule has 0 fully saturated rings. The number of unbranched alkanes of at least 4 members (excludes halogenated alkanes) is 1. The van der Waals surface area contributed by atoms with Crippen LogP contribution in [0.5, 0.6) is 0 Å². The zero-order chi connectivity index (χ0) is 7.98. The Labute approximate surface area is 63.8 Å². The Balaban J connectivity index is 3.31. The van der Waals surface area contributed by atoms with Gasteiger partial charge in [-0.15, -0.1) is 0 Å². The fourth-order valence-corrected chi connectivity index (χ4v) is 0.868.